The standard InChI is InChI=1S/C16H20N2O/c1-2-18(10-12-7-8-12)16-9-13(11-19)17-15-6-4-3-5-14(15)16/h3-6,9,12,19H,2,7-8,10-11H2,1H3. The summed E-state index contributed by atoms with van der Waals surface area (Å²) in [4.78, 5) is 6.91. The first-order chi connectivity index (χ1) is 9.31. The van der Waals surface area contributed by atoms with E-state index < -0.39 is 0 Å². The zero-order valence-electron chi connectivity index (χ0n) is 11.3. The molecular formula is C16H20N2O. The van der Waals surface area contributed by atoms with Crippen LogP contribution in [0.2, 0.25) is 0 Å². The van der Waals surface area contributed by atoms with Crippen molar-refractivity contribution in [2.45, 2.75) is 26.4 Å². The molecule has 1 aromatic carbocycles. The molecule has 1 heterocycles. The van der Waals surface area contributed by atoms with Gasteiger partial charge in [0.05, 0.1) is 17.8 Å². The van der Waals surface area contributed by atoms with Gasteiger partial charge >= 0.3 is 0 Å². The van der Waals surface area contributed by atoms with Crippen molar-refractivity contribution in [3.05, 3.63) is 36.0 Å². The lowest BCUT2D eigenvalue weighted by atomic mass is 10.1. The van der Waals surface area contributed by atoms with Crippen molar-refractivity contribution in [2.75, 3.05) is 18.0 Å². The molecule has 1 fully saturated rings. The van der Waals surface area contributed by atoms with Crippen LogP contribution in [0.4, 0.5) is 5.69 Å². The van der Waals surface area contributed by atoms with E-state index >= 15 is 0 Å². The number of anilines is 1. The third-order valence-corrected chi connectivity index (χ3v) is 3.81. The highest BCUT2D eigenvalue weighted by atomic mass is 16.3. The summed E-state index contributed by atoms with van der Waals surface area (Å²) in [6.45, 7) is 4.31. The van der Waals surface area contributed by atoms with Gasteiger partial charge in [0.2, 0.25) is 0 Å². The first-order valence-corrected chi connectivity index (χ1v) is 7.06. The number of hydrogen-bond acceptors (Lipinski definition) is 3. The van der Waals surface area contributed by atoms with Gasteiger partial charge in [-0.2, -0.15) is 0 Å². The summed E-state index contributed by atoms with van der Waals surface area (Å²) in [5.74, 6) is 0.851. The minimum atomic E-state index is -0.00117. The van der Waals surface area contributed by atoms with Crippen LogP contribution < -0.4 is 4.90 Å². The predicted octanol–water partition coefficient (Wildman–Crippen LogP) is 2.96. The van der Waals surface area contributed by atoms with Crippen LogP contribution in [0.25, 0.3) is 10.9 Å². The Morgan fingerprint density at radius 2 is 2.11 bits per heavy atom. The van der Waals surface area contributed by atoms with Gasteiger partial charge in [0, 0.05) is 24.2 Å². The van der Waals surface area contributed by atoms with Crippen molar-refractivity contribution in [1.82, 2.24) is 4.98 Å². The summed E-state index contributed by atoms with van der Waals surface area (Å²) in [5.41, 5.74) is 2.94. The average Bonchev–Trinajstić information content (AvgIpc) is 3.27. The molecular weight excluding hydrogens is 236 g/mol. The van der Waals surface area contributed by atoms with E-state index in [2.05, 4.69) is 28.9 Å². The zero-order chi connectivity index (χ0) is 13.2. The van der Waals surface area contributed by atoms with E-state index in [9.17, 15) is 5.11 Å². The second-order valence-electron chi connectivity index (χ2n) is 5.29. The fraction of sp³-hybridized carbons (Fsp3) is 0.438. The third-order valence-electron chi connectivity index (χ3n) is 3.81. The molecule has 1 aliphatic carbocycles. The number of para-hydroxylation sites is 1. The van der Waals surface area contributed by atoms with Gasteiger partial charge < -0.3 is 10.0 Å². The molecule has 1 aromatic heterocycles. The summed E-state index contributed by atoms with van der Waals surface area (Å²) < 4.78 is 0. The maximum atomic E-state index is 9.39. The number of pyridine rings is 1. The number of aliphatic hydroxyl groups is 1. The van der Waals surface area contributed by atoms with Crippen molar-refractivity contribution in [1.29, 1.82) is 0 Å². The molecule has 3 heteroatoms. The highest BCUT2D eigenvalue weighted by Gasteiger charge is 2.24. The van der Waals surface area contributed by atoms with E-state index in [0.717, 1.165) is 30.2 Å². The Hall–Kier alpha value is -1.61. The Morgan fingerprint density at radius 1 is 1.32 bits per heavy atom. The highest BCUT2D eigenvalue weighted by Crippen LogP contribution is 2.33. The summed E-state index contributed by atoms with van der Waals surface area (Å²) in [7, 11) is 0. The SMILES string of the molecule is CCN(CC1CC1)c1cc(CO)nc2ccccc12. The molecule has 0 saturated heterocycles. The van der Waals surface area contributed by atoms with E-state index in [0.29, 0.717) is 0 Å². The number of fused-ring (bicyclic) bond motifs is 1. The average molecular weight is 256 g/mol. The third kappa shape index (κ3) is 2.56. The van der Waals surface area contributed by atoms with Gasteiger partial charge in [-0.25, -0.2) is 0 Å². The van der Waals surface area contributed by atoms with Crippen LogP contribution in [0.1, 0.15) is 25.5 Å². The molecule has 19 heavy (non-hydrogen) atoms. The highest BCUT2D eigenvalue weighted by molar-refractivity contribution is 5.92. The van der Waals surface area contributed by atoms with Crippen LogP contribution in [0, 0.1) is 5.92 Å². The topological polar surface area (TPSA) is 36.4 Å². The van der Waals surface area contributed by atoms with Crippen molar-refractivity contribution in [2.24, 2.45) is 5.92 Å². The minimum absolute atomic E-state index is 0.00117. The number of benzene rings is 1. The lowest BCUT2D eigenvalue weighted by molar-refractivity contribution is 0.277. The summed E-state index contributed by atoms with van der Waals surface area (Å²) in [6.07, 6.45) is 2.71. The largest absolute Gasteiger partial charge is 0.390 e. The maximum absolute atomic E-state index is 9.39. The van der Waals surface area contributed by atoms with Gasteiger partial charge in [-0.15, -0.1) is 0 Å². The number of nitrogens with zero attached hydrogens (tertiary/aromatic N) is 2. The van der Waals surface area contributed by atoms with Crippen molar-refractivity contribution >= 4 is 16.6 Å². The quantitative estimate of drug-likeness (QED) is 0.893. The smallest absolute Gasteiger partial charge is 0.0854 e. The van der Waals surface area contributed by atoms with Gasteiger partial charge in [0.15, 0.2) is 0 Å². The van der Waals surface area contributed by atoms with Gasteiger partial charge in [-0.05, 0) is 37.8 Å². The first kappa shape index (κ1) is 12.4. The van der Waals surface area contributed by atoms with Gasteiger partial charge in [-0.1, -0.05) is 18.2 Å². The van der Waals surface area contributed by atoms with E-state index in [1.54, 1.807) is 0 Å². The molecule has 1 aliphatic rings. The van der Waals surface area contributed by atoms with E-state index in [4.69, 9.17) is 0 Å². The van der Waals surface area contributed by atoms with Gasteiger partial charge in [0.25, 0.3) is 0 Å². The lowest BCUT2D eigenvalue weighted by Crippen LogP contribution is -2.25. The predicted molar refractivity (Wildman–Crippen MR) is 78.3 cm³/mol. The maximum Gasteiger partial charge on any atom is 0.0854 e. The van der Waals surface area contributed by atoms with Crippen molar-refractivity contribution < 1.29 is 5.11 Å². The van der Waals surface area contributed by atoms with E-state index in [1.807, 2.05) is 18.2 Å². The fourth-order valence-corrected chi connectivity index (χ4v) is 2.56. The molecule has 1 saturated carbocycles. The molecule has 0 bridgehead atoms. The Kier molecular flexibility index (Phi) is 3.38. The normalized spacial score (nSPS) is 14.8. The van der Waals surface area contributed by atoms with Crippen LogP contribution in [0.5, 0.6) is 0 Å². The van der Waals surface area contributed by atoms with Crippen molar-refractivity contribution in [3.63, 3.8) is 0 Å². The lowest BCUT2D eigenvalue weighted by Gasteiger charge is -2.25. The molecule has 0 atom stereocenters. The number of aromatic nitrogens is 1. The van der Waals surface area contributed by atoms with E-state index in [-0.39, 0.29) is 6.61 Å². The monoisotopic (exact) mass is 256 g/mol. The Balaban J connectivity index is 2.07. The molecule has 2 aromatic rings. The van der Waals surface area contributed by atoms with Gasteiger partial charge in [-0.3, -0.25) is 4.98 Å². The van der Waals surface area contributed by atoms with Gasteiger partial charge in [0.1, 0.15) is 0 Å². The second-order valence-corrected chi connectivity index (χ2v) is 5.29. The first-order valence-electron chi connectivity index (χ1n) is 7.06. The number of aliphatic hydroxyl groups excluding tert-OH is 1. The van der Waals surface area contributed by atoms with Crippen LogP contribution in [-0.4, -0.2) is 23.2 Å². The zero-order valence-corrected chi connectivity index (χ0v) is 11.3. The number of hydrogen-bond donors (Lipinski definition) is 1. The fourth-order valence-electron chi connectivity index (χ4n) is 2.56. The van der Waals surface area contributed by atoms with Crippen LogP contribution >= 0.6 is 0 Å². The Morgan fingerprint density at radius 3 is 2.79 bits per heavy atom. The van der Waals surface area contributed by atoms with Crippen molar-refractivity contribution in [3.8, 4) is 0 Å². The molecule has 3 nitrogen and oxygen atoms in total. The van der Waals surface area contributed by atoms with Crippen LogP contribution in [0.3, 0.4) is 0 Å². The molecule has 100 valence electrons. The summed E-state index contributed by atoms with van der Waals surface area (Å²) in [5, 5.41) is 10.6. The van der Waals surface area contributed by atoms with Crippen LogP contribution in [-0.2, 0) is 6.61 Å². The summed E-state index contributed by atoms with van der Waals surface area (Å²) >= 11 is 0. The Labute approximate surface area is 113 Å². The summed E-state index contributed by atoms with van der Waals surface area (Å²) in [6, 6.07) is 10.2. The molecule has 0 aliphatic heterocycles. The second kappa shape index (κ2) is 5.17. The van der Waals surface area contributed by atoms with E-state index in [1.165, 1.54) is 23.9 Å². The molecule has 3 rings (SSSR count). The van der Waals surface area contributed by atoms with Crippen LogP contribution in [0.15, 0.2) is 30.3 Å². The molecule has 0 amide bonds. The number of rotatable bonds is 5. The molecule has 1 N–H and O–H groups in total. The molecule has 0 unspecified atom stereocenters. The molecule has 0 spiro atoms. The minimum Gasteiger partial charge on any atom is -0.390 e. The molecule has 0 radical (unpaired) electrons. The Bertz CT molecular complexity index is 578.